The number of amides is 1. The number of carbonyl (C=O) groups is 1. The van der Waals surface area contributed by atoms with E-state index in [1.54, 1.807) is 6.08 Å². The molecule has 12 atom stereocenters. The smallest absolute Gasteiger partial charge is 0.220 e. The summed E-state index contributed by atoms with van der Waals surface area (Å²) >= 11 is 0. The highest BCUT2D eigenvalue weighted by atomic mass is 16.7. The van der Waals surface area contributed by atoms with Gasteiger partial charge in [-0.25, -0.2) is 0 Å². The molecule has 0 radical (unpaired) electrons. The number of hydrogen-bond donors (Lipinski definition) is 9. The third kappa shape index (κ3) is 25.6. The normalized spacial score (nSPS) is 27.2. The van der Waals surface area contributed by atoms with Crippen molar-refractivity contribution in [1.29, 1.82) is 0 Å². The van der Waals surface area contributed by atoms with Crippen LogP contribution in [0.3, 0.4) is 0 Å². The molecular weight excluding hydrogens is 835 g/mol. The summed E-state index contributed by atoms with van der Waals surface area (Å²) in [6.07, 6.45) is 25.0. The van der Waals surface area contributed by atoms with Crippen LogP contribution < -0.4 is 5.32 Å². The minimum absolute atomic E-state index is 0.249. The van der Waals surface area contributed by atoms with E-state index in [1.807, 2.05) is 6.08 Å². The van der Waals surface area contributed by atoms with E-state index in [9.17, 15) is 45.6 Å². The van der Waals surface area contributed by atoms with E-state index in [1.165, 1.54) is 116 Å². The fourth-order valence-corrected chi connectivity index (χ4v) is 8.58. The largest absolute Gasteiger partial charge is 0.394 e. The van der Waals surface area contributed by atoms with Crippen LogP contribution in [0.2, 0.25) is 0 Å². The van der Waals surface area contributed by atoms with Crippen molar-refractivity contribution in [2.45, 2.75) is 274 Å². The van der Waals surface area contributed by atoms with Gasteiger partial charge in [-0.05, 0) is 44.9 Å². The number of rotatable bonds is 40. The van der Waals surface area contributed by atoms with E-state index in [0.29, 0.717) is 6.42 Å². The van der Waals surface area contributed by atoms with Crippen LogP contribution >= 0.6 is 0 Å². The molecule has 0 bridgehead atoms. The standard InChI is InChI=1S/C51H95NO13/c1-3-5-7-9-11-13-15-17-18-19-20-21-22-23-24-26-28-30-32-34-40(55)39(52-43(56)35-33-31-29-27-25-16-14-12-10-8-6-4-2)38-62-50-48(61)46(59)49(42(37-54)64-50)65-51-47(60)45(58)44(57)41(36-53)63-51/h12,14,32,34,39-42,44-51,53-55,57-61H,3-11,13,15-31,33,35-38H2,1-2H3,(H,52,56)/b14-12-,34-32+. The molecule has 0 spiro atoms. The fourth-order valence-electron chi connectivity index (χ4n) is 8.58. The highest BCUT2D eigenvalue weighted by molar-refractivity contribution is 5.76. The lowest BCUT2D eigenvalue weighted by atomic mass is 9.97. The number of ether oxygens (including phenoxy) is 4. The van der Waals surface area contributed by atoms with Gasteiger partial charge in [-0.2, -0.15) is 0 Å². The summed E-state index contributed by atoms with van der Waals surface area (Å²) in [6.45, 7) is 2.76. The highest BCUT2D eigenvalue weighted by Gasteiger charge is 2.51. The monoisotopic (exact) mass is 930 g/mol. The molecule has 65 heavy (non-hydrogen) atoms. The van der Waals surface area contributed by atoms with Crippen molar-refractivity contribution in [3.63, 3.8) is 0 Å². The Kier molecular flexibility index (Phi) is 35.1. The van der Waals surface area contributed by atoms with E-state index in [-0.39, 0.29) is 18.9 Å². The average molecular weight is 930 g/mol. The molecule has 14 nitrogen and oxygen atoms in total. The van der Waals surface area contributed by atoms with Gasteiger partial charge in [0, 0.05) is 6.42 Å². The lowest BCUT2D eigenvalue weighted by molar-refractivity contribution is -0.359. The lowest BCUT2D eigenvalue weighted by Gasteiger charge is -2.46. The van der Waals surface area contributed by atoms with Crippen LogP contribution in [0.25, 0.3) is 0 Å². The summed E-state index contributed by atoms with van der Waals surface area (Å²) in [4.78, 5) is 13.1. The van der Waals surface area contributed by atoms with Crippen molar-refractivity contribution >= 4 is 5.91 Å². The molecule has 14 heteroatoms. The van der Waals surface area contributed by atoms with Gasteiger partial charge in [-0.3, -0.25) is 4.79 Å². The molecule has 0 saturated carbocycles. The minimum atomic E-state index is -1.79. The molecule has 2 fully saturated rings. The Morgan fingerprint density at radius 3 is 1.49 bits per heavy atom. The number of allylic oxidation sites excluding steroid dienone is 3. The molecule has 12 unspecified atom stereocenters. The maximum absolute atomic E-state index is 13.1. The number of carbonyl (C=O) groups excluding carboxylic acids is 1. The Bertz CT molecular complexity index is 1190. The van der Waals surface area contributed by atoms with Crippen molar-refractivity contribution in [3.8, 4) is 0 Å². The van der Waals surface area contributed by atoms with Gasteiger partial charge in [-0.1, -0.05) is 173 Å². The van der Waals surface area contributed by atoms with Gasteiger partial charge in [0.05, 0.1) is 32.0 Å². The molecule has 0 aromatic carbocycles. The van der Waals surface area contributed by atoms with Crippen LogP contribution in [-0.2, 0) is 23.7 Å². The van der Waals surface area contributed by atoms with Crippen LogP contribution in [-0.4, -0.2) is 140 Å². The van der Waals surface area contributed by atoms with Crippen molar-refractivity contribution in [2.75, 3.05) is 19.8 Å². The molecule has 2 aliphatic heterocycles. The predicted octanol–water partition coefficient (Wildman–Crippen LogP) is 6.94. The Labute approximate surface area is 392 Å². The molecule has 2 aliphatic rings. The summed E-state index contributed by atoms with van der Waals surface area (Å²) in [5, 5.41) is 86.7. The van der Waals surface area contributed by atoms with Gasteiger partial charge < -0.3 is 65.1 Å². The second-order valence-electron chi connectivity index (χ2n) is 18.6. The quantitative estimate of drug-likeness (QED) is 0.0225. The van der Waals surface area contributed by atoms with Crippen LogP contribution in [0, 0.1) is 0 Å². The van der Waals surface area contributed by atoms with Crippen LogP contribution in [0.5, 0.6) is 0 Å². The molecule has 382 valence electrons. The van der Waals surface area contributed by atoms with Gasteiger partial charge in [-0.15, -0.1) is 0 Å². The number of aliphatic hydroxyl groups is 8. The predicted molar refractivity (Wildman–Crippen MR) is 254 cm³/mol. The molecular formula is C51H95NO13. The molecule has 9 N–H and O–H groups in total. The Hall–Kier alpha value is -1.53. The molecule has 2 saturated heterocycles. The summed E-state index contributed by atoms with van der Waals surface area (Å²) in [6, 6.07) is -0.915. The highest BCUT2D eigenvalue weighted by Crippen LogP contribution is 2.30. The summed E-state index contributed by atoms with van der Waals surface area (Å²) in [5.41, 5.74) is 0. The van der Waals surface area contributed by atoms with E-state index < -0.39 is 86.8 Å². The van der Waals surface area contributed by atoms with Crippen molar-refractivity contribution in [2.24, 2.45) is 0 Å². The first-order valence-electron chi connectivity index (χ1n) is 26.1. The first-order chi connectivity index (χ1) is 31.6. The Morgan fingerprint density at radius 2 is 0.969 bits per heavy atom. The minimum Gasteiger partial charge on any atom is -0.394 e. The van der Waals surface area contributed by atoms with Crippen LogP contribution in [0.15, 0.2) is 24.3 Å². The van der Waals surface area contributed by atoms with Crippen molar-refractivity contribution in [1.82, 2.24) is 5.32 Å². The van der Waals surface area contributed by atoms with E-state index in [2.05, 4.69) is 31.3 Å². The van der Waals surface area contributed by atoms with Crippen LogP contribution in [0.4, 0.5) is 0 Å². The maximum Gasteiger partial charge on any atom is 0.220 e. The van der Waals surface area contributed by atoms with Gasteiger partial charge >= 0.3 is 0 Å². The first kappa shape index (κ1) is 59.6. The average Bonchev–Trinajstić information content (AvgIpc) is 3.30. The zero-order valence-electron chi connectivity index (χ0n) is 40.5. The fraction of sp³-hybridized carbons (Fsp3) is 0.902. The third-order valence-electron chi connectivity index (χ3n) is 12.9. The number of hydrogen-bond acceptors (Lipinski definition) is 13. The Balaban J connectivity index is 1.83. The van der Waals surface area contributed by atoms with Gasteiger partial charge in [0.25, 0.3) is 0 Å². The van der Waals surface area contributed by atoms with E-state index >= 15 is 0 Å². The zero-order chi connectivity index (χ0) is 47.5. The van der Waals surface area contributed by atoms with Gasteiger partial charge in [0.1, 0.15) is 48.8 Å². The molecule has 2 heterocycles. The van der Waals surface area contributed by atoms with Gasteiger partial charge in [0.2, 0.25) is 5.91 Å². The first-order valence-corrected chi connectivity index (χ1v) is 26.1. The second kappa shape index (κ2) is 38.3. The molecule has 2 rings (SSSR count). The van der Waals surface area contributed by atoms with E-state index in [4.69, 9.17) is 18.9 Å². The van der Waals surface area contributed by atoms with Gasteiger partial charge in [0.15, 0.2) is 12.6 Å². The maximum atomic E-state index is 13.1. The zero-order valence-corrected chi connectivity index (χ0v) is 40.5. The topological polar surface area (TPSA) is 228 Å². The number of aliphatic hydroxyl groups excluding tert-OH is 8. The Morgan fingerprint density at radius 1 is 0.538 bits per heavy atom. The number of nitrogens with one attached hydrogen (secondary N) is 1. The summed E-state index contributed by atoms with van der Waals surface area (Å²) < 4.78 is 22.7. The molecule has 1 amide bonds. The molecule has 0 aromatic rings. The second-order valence-corrected chi connectivity index (χ2v) is 18.6. The summed E-state index contributed by atoms with van der Waals surface area (Å²) in [5.74, 6) is -0.249. The SMILES string of the molecule is CCCCC/C=C\CCCCCCCC(=O)NC(COC1OC(CO)C(OC2OC(CO)C(O)C(O)C2O)C(O)C1O)C(O)/C=C/CCCCCCCCCCCCCCCCCCC. The van der Waals surface area contributed by atoms with Crippen molar-refractivity contribution in [3.05, 3.63) is 24.3 Å². The van der Waals surface area contributed by atoms with Crippen molar-refractivity contribution < 1.29 is 64.6 Å². The lowest BCUT2D eigenvalue weighted by Crippen LogP contribution is -2.65. The number of unbranched alkanes of at least 4 members (excludes halogenated alkanes) is 25. The van der Waals surface area contributed by atoms with Crippen LogP contribution in [0.1, 0.15) is 200 Å². The third-order valence-corrected chi connectivity index (χ3v) is 12.9. The molecule has 0 aromatic heterocycles. The molecule has 0 aliphatic carbocycles. The van der Waals surface area contributed by atoms with E-state index in [0.717, 1.165) is 57.8 Å². The summed E-state index contributed by atoms with van der Waals surface area (Å²) in [7, 11) is 0.